The van der Waals surface area contributed by atoms with Gasteiger partial charge in [0.05, 0.1) is 6.61 Å². The lowest BCUT2D eigenvalue weighted by molar-refractivity contribution is 0.123. The van der Waals surface area contributed by atoms with Crippen molar-refractivity contribution < 1.29 is 4.74 Å². The third-order valence-electron chi connectivity index (χ3n) is 2.91. The Morgan fingerprint density at radius 3 is 2.56 bits per heavy atom. The fraction of sp³-hybridized carbons (Fsp3) is 0.600. The van der Waals surface area contributed by atoms with E-state index in [-0.39, 0.29) is 0 Å². The van der Waals surface area contributed by atoms with Crippen molar-refractivity contribution in [2.24, 2.45) is 5.92 Å². The lowest BCUT2D eigenvalue weighted by Gasteiger charge is -2.16. The van der Waals surface area contributed by atoms with Gasteiger partial charge in [0.25, 0.3) is 0 Å². The molecule has 2 nitrogen and oxygen atoms in total. The first kappa shape index (κ1) is 15.7. The van der Waals surface area contributed by atoms with E-state index in [4.69, 9.17) is 4.74 Å². The normalized spacial score (nSPS) is 12.9. The molecule has 1 atom stereocenters. The number of ether oxygens (including phenoxy) is 1. The zero-order valence-electron chi connectivity index (χ0n) is 11.6. The zero-order chi connectivity index (χ0) is 13.4. The molecule has 0 spiro atoms. The van der Waals surface area contributed by atoms with E-state index in [1.807, 2.05) is 6.07 Å². The second kappa shape index (κ2) is 8.68. The monoisotopic (exact) mass is 313 g/mol. The molecule has 0 amide bonds. The summed E-state index contributed by atoms with van der Waals surface area (Å²) in [6.45, 7) is 9.15. The highest BCUT2D eigenvalue weighted by Crippen LogP contribution is 2.22. The van der Waals surface area contributed by atoms with Crippen LogP contribution in [0.15, 0.2) is 28.7 Å². The van der Waals surface area contributed by atoms with Crippen LogP contribution < -0.4 is 5.32 Å². The molecule has 0 aromatic heterocycles. The second-order valence-electron chi connectivity index (χ2n) is 4.99. The van der Waals surface area contributed by atoms with Crippen LogP contribution in [-0.4, -0.2) is 19.8 Å². The van der Waals surface area contributed by atoms with E-state index in [2.05, 4.69) is 60.2 Å². The molecular formula is C15H24BrNO. The van der Waals surface area contributed by atoms with Crippen molar-refractivity contribution in [1.29, 1.82) is 0 Å². The van der Waals surface area contributed by atoms with Gasteiger partial charge in [-0.25, -0.2) is 0 Å². The summed E-state index contributed by atoms with van der Waals surface area (Å²) in [6, 6.07) is 8.66. The number of halogens is 1. The molecule has 0 aliphatic rings. The Labute approximate surface area is 119 Å². The molecule has 0 aliphatic heterocycles. The maximum absolute atomic E-state index is 5.59. The minimum absolute atomic E-state index is 0.342. The van der Waals surface area contributed by atoms with Crippen LogP contribution in [0.4, 0.5) is 0 Å². The van der Waals surface area contributed by atoms with Crippen LogP contribution in [-0.2, 0) is 4.74 Å². The van der Waals surface area contributed by atoms with E-state index in [1.165, 1.54) is 5.56 Å². The summed E-state index contributed by atoms with van der Waals surface area (Å²) in [5.41, 5.74) is 1.29. The van der Waals surface area contributed by atoms with Gasteiger partial charge < -0.3 is 10.1 Å². The summed E-state index contributed by atoms with van der Waals surface area (Å²) in [5, 5.41) is 3.47. The van der Waals surface area contributed by atoms with Gasteiger partial charge in [-0.1, -0.05) is 48.0 Å². The molecule has 1 N–H and O–H groups in total. The van der Waals surface area contributed by atoms with Gasteiger partial charge in [0, 0.05) is 23.7 Å². The Morgan fingerprint density at radius 2 is 1.89 bits per heavy atom. The lowest BCUT2D eigenvalue weighted by atomic mass is 10.1. The number of nitrogens with one attached hydrogen (secondary N) is 1. The van der Waals surface area contributed by atoms with E-state index in [0.717, 1.165) is 36.6 Å². The molecule has 1 aromatic rings. The molecule has 0 bridgehead atoms. The highest BCUT2D eigenvalue weighted by molar-refractivity contribution is 9.10. The van der Waals surface area contributed by atoms with Crippen molar-refractivity contribution in [3.05, 3.63) is 34.3 Å². The summed E-state index contributed by atoms with van der Waals surface area (Å²) < 4.78 is 6.74. The molecule has 18 heavy (non-hydrogen) atoms. The quantitative estimate of drug-likeness (QED) is 0.727. The van der Waals surface area contributed by atoms with Crippen molar-refractivity contribution in [3.8, 4) is 0 Å². The molecule has 0 heterocycles. The number of benzene rings is 1. The predicted octanol–water partition coefficient (Wildman–Crippen LogP) is 4.16. The van der Waals surface area contributed by atoms with Crippen LogP contribution >= 0.6 is 15.9 Å². The van der Waals surface area contributed by atoms with Crippen LogP contribution in [0.5, 0.6) is 0 Å². The van der Waals surface area contributed by atoms with E-state index in [1.54, 1.807) is 0 Å². The van der Waals surface area contributed by atoms with E-state index in [0.29, 0.717) is 6.04 Å². The topological polar surface area (TPSA) is 21.3 Å². The van der Waals surface area contributed by atoms with Crippen LogP contribution in [0.3, 0.4) is 0 Å². The van der Waals surface area contributed by atoms with Gasteiger partial charge in [0.1, 0.15) is 0 Å². The van der Waals surface area contributed by atoms with Crippen molar-refractivity contribution in [3.63, 3.8) is 0 Å². The molecule has 3 heteroatoms. The Hall–Kier alpha value is -0.380. The van der Waals surface area contributed by atoms with Crippen LogP contribution in [0, 0.1) is 5.92 Å². The molecule has 0 radical (unpaired) electrons. The highest BCUT2D eigenvalue weighted by atomic mass is 79.9. The third kappa shape index (κ3) is 5.98. The minimum Gasteiger partial charge on any atom is -0.380 e. The van der Waals surface area contributed by atoms with Crippen molar-refractivity contribution in [2.75, 3.05) is 19.8 Å². The molecule has 1 aromatic carbocycles. The van der Waals surface area contributed by atoms with Gasteiger partial charge in [-0.05, 0) is 30.9 Å². The molecule has 1 rings (SSSR count). The molecule has 0 unspecified atom stereocenters. The van der Waals surface area contributed by atoms with Crippen molar-refractivity contribution >= 4 is 15.9 Å². The predicted molar refractivity (Wildman–Crippen MR) is 80.8 cm³/mol. The first-order valence-electron chi connectivity index (χ1n) is 6.66. The standard InChI is InChI=1S/C15H24BrNO/c1-12(2)8-10-18-11-9-17-13(3)14-6-4-5-7-15(14)16/h4-7,12-13,17H,8-11H2,1-3H3/t13-/m1/s1. The van der Waals surface area contributed by atoms with Gasteiger partial charge in [0.2, 0.25) is 0 Å². The number of rotatable bonds is 8. The summed E-state index contributed by atoms with van der Waals surface area (Å²) in [7, 11) is 0. The molecule has 0 saturated carbocycles. The zero-order valence-corrected chi connectivity index (χ0v) is 13.2. The van der Waals surface area contributed by atoms with Crippen LogP contribution in [0.2, 0.25) is 0 Å². The average molecular weight is 314 g/mol. The fourth-order valence-corrected chi connectivity index (χ4v) is 2.33. The first-order valence-corrected chi connectivity index (χ1v) is 7.46. The Bertz CT molecular complexity index is 341. The summed E-state index contributed by atoms with van der Waals surface area (Å²) in [4.78, 5) is 0. The van der Waals surface area contributed by atoms with Gasteiger partial charge in [0.15, 0.2) is 0 Å². The van der Waals surface area contributed by atoms with Gasteiger partial charge in [-0.15, -0.1) is 0 Å². The largest absolute Gasteiger partial charge is 0.380 e. The first-order chi connectivity index (χ1) is 8.61. The van der Waals surface area contributed by atoms with Crippen LogP contribution in [0.1, 0.15) is 38.8 Å². The molecule has 102 valence electrons. The fourth-order valence-electron chi connectivity index (χ4n) is 1.70. The minimum atomic E-state index is 0.342. The van der Waals surface area contributed by atoms with Crippen molar-refractivity contribution in [1.82, 2.24) is 5.32 Å². The summed E-state index contributed by atoms with van der Waals surface area (Å²) >= 11 is 3.58. The van der Waals surface area contributed by atoms with Gasteiger partial charge in [-0.3, -0.25) is 0 Å². The van der Waals surface area contributed by atoms with E-state index >= 15 is 0 Å². The maximum atomic E-state index is 5.59. The SMILES string of the molecule is CC(C)CCOCCN[C@H](C)c1ccccc1Br. The van der Waals surface area contributed by atoms with E-state index < -0.39 is 0 Å². The Kier molecular flexibility index (Phi) is 7.56. The molecular weight excluding hydrogens is 290 g/mol. The lowest BCUT2D eigenvalue weighted by Crippen LogP contribution is -2.23. The van der Waals surface area contributed by atoms with Gasteiger partial charge >= 0.3 is 0 Å². The van der Waals surface area contributed by atoms with E-state index in [9.17, 15) is 0 Å². The second-order valence-corrected chi connectivity index (χ2v) is 5.85. The summed E-state index contributed by atoms with van der Waals surface area (Å²) in [5.74, 6) is 0.720. The maximum Gasteiger partial charge on any atom is 0.0591 e. The average Bonchev–Trinajstić information content (AvgIpc) is 2.33. The number of hydrogen-bond donors (Lipinski definition) is 1. The third-order valence-corrected chi connectivity index (χ3v) is 3.63. The molecule has 0 fully saturated rings. The molecule has 0 aliphatic carbocycles. The van der Waals surface area contributed by atoms with Gasteiger partial charge in [-0.2, -0.15) is 0 Å². The van der Waals surface area contributed by atoms with Crippen LogP contribution in [0.25, 0.3) is 0 Å². The smallest absolute Gasteiger partial charge is 0.0591 e. The number of hydrogen-bond acceptors (Lipinski definition) is 2. The summed E-state index contributed by atoms with van der Waals surface area (Å²) in [6.07, 6.45) is 1.14. The highest BCUT2D eigenvalue weighted by Gasteiger charge is 2.07. The van der Waals surface area contributed by atoms with Crippen molar-refractivity contribution in [2.45, 2.75) is 33.2 Å². The molecule has 0 saturated heterocycles. The Morgan fingerprint density at radius 1 is 1.17 bits per heavy atom. The Balaban J connectivity index is 2.18.